The third kappa shape index (κ3) is 6.09. The van der Waals surface area contributed by atoms with Crippen LogP contribution >= 0.6 is 11.6 Å². The summed E-state index contributed by atoms with van der Waals surface area (Å²) in [5.41, 5.74) is 3.50. The lowest BCUT2D eigenvalue weighted by Crippen LogP contribution is -2.38. The van der Waals surface area contributed by atoms with E-state index >= 15 is 0 Å². The summed E-state index contributed by atoms with van der Waals surface area (Å²) in [6, 6.07) is 13.9. The standard InChI is InChI=1S/C21H26ClNO2/c1-4-20(25-18-10-11-19(22)16(3)14-18)21(24)23-12-6-9-17-8-5-7-15(2)13-17/h5,7-8,10-11,13-14,20H,4,6,9,12H2,1-3H3,(H,23,24)/t20-/m0/s1. The number of ether oxygens (including phenoxy) is 1. The number of nitrogens with one attached hydrogen (secondary N) is 1. The molecule has 0 fully saturated rings. The van der Waals surface area contributed by atoms with Gasteiger partial charge in [0.2, 0.25) is 0 Å². The van der Waals surface area contributed by atoms with Crippen LogP contribution in [-0.4, -0.2) is 18.6 Å². The Bertz CT molecular complexity index is 715. The number of halogens is 1. The summed E-state index contributed by atoms with van der Waals surface area (Å²) >= 11 is 6.02. The Morgan fingerprint density at radius 3 is 2.68 bits per heavy atom. The van der Waals surface area contributed by atoms with Crippen LogP contribution in [0, 0.1) is 13.8 Å². The second-order valence-corrected chi connectivity index (χ2v) is 6.72. The van der Waals surface area contributed by atoms with Crippen molar-refractivity contribution in [2.45, 2.75) is 46.1 Å². The summed E-state index contributed by atoms with van der Waals surface area (Å²) in [6.07, 6.45) is 1.99. The van der Waals surface area contributed by atoms with Crippen LogP contribution < -0.4 is 10.1 Å². The highest BCUT2D eigenvalue weighted by atomic mass is 35.5. The van der Waals surface area contributed by atoms with Crippen LogP contribution in [0.25, 0.3) is 0 Å². The number of carbonyl (C=O) groups is 1. The van der Waals surface area contributed by atoms with Gasteiger partial charge in [-0.3, -0.25) is 4.79 Å². The Hall–Kier alpha value is -2.00. The molecule has 0 bridgehead atoms. The Labute approximate surface area is 155 Å². The molecule has 0 aliphatic rings. The average molecular weight is 360 g/mol. The van der Waals surface area contributed by atoms with E-state index in [-0.39, 0.29) is 5.91 Å². The predicted molar refractivity (Wildman–Crippen MR) is 103 cm³/mol. The zero-order valence-electron chi connectivity index (χ0n) is 15.1. The highest BCUT2D eigenvalue weighted by Gasteiger charge is 2.18. The SMILES string of the molecule is CC[C@H](Oc1ccc(Cl)c(C)c1)C(=O)NCCCc1cccc(C)c1. The van der Waals surface area contributed by atoms with Crippen LogP contribution in [0.3, 0.4) is 0 Å². The predicted octanol–water partition coefficient (Wildman–Crippen LogP) is 4.86. The van der Waals surface area contributed by atoms with Crippen molar-refractivity contribution in [3.05, 3.63) is 64.2 Å². The number of carbonyl (C=O) groups excluding carboxylic acids is 1. The average Bonchev–Trinajstić information content (AvgIpc) is 2.59. The van der Waals surface area contributed by atoms with Gasteiger partial charge in [0.1, 0.15) is 5.75 Å². The smallest absolute Gasteiger partial charge is 0.261 e. The summed E-state index contributed by atoms with van der Waals surface area (Å²) in [5.74, 6) is 0.600. The van der Waals surface area contributed by atoms with E-state index in [1.165, 1.54) is 11.1 Å². The first-order chi connectivity index (χ1) is 12.0. The normalized spacial score (nSPS) is 11.8. The van der Waals surface area contributed by atoms with Crippen molar-refractivity contribution in [1.82, 2.24) is 5.32 Å². The fraction of sp³-hybridized carbons (Fsp3) is 0.381. The molecule has 2 aromatic rings. The van der Waals surface area contributed by atoms with E-state index in [9.17, 15) is 4.79 Å². The first-order valence-corrected chi connectivity index (χ1v) is 9.13. The van der Waals surface area contributed by atoms with Gasteiger partial charge in [-0.2, -0.15) is 0 Å². The third-order valence-corrected chi connectivity index (χ3v) is 4.52. The second-order valence-electron chi connectivity index (χ2n) is 6.31. The molecule has 0 saturated carbocycles. The van der Waals surface area contributed by atoms with Crippen molar-refractivity contribution in [2.24, 2.45) is 0 Å². The zero-order chi connectivity index (χ0) is 18.2. The molecule has 0 unspecified atom stereocenters. The minimum atomic E-state index is -0.487. The molecular formula is C21H26ClNO2. The van der Waals surface area contributed by atoms with Crippen LogP contribution in [-0.2, 0) is 11.2 Å². The molecule has 134 valence electrons. The highest BCUT2D eigenvalue weighted by molar-refractivity contribution is 6.31. The molecule has 3 nitrogen and oxygen atoms in total. The maximum atomic E-state index is 12.3. The molecule has 1 amide bonds. The topological polar surface area (TPSA) is 38.3 Å². The summed E-state index contributed by atoms with van der Waals surface area (Å²) < 4.78 is 5.82. The molecule has 0 aromatic heterocycles. The van der Waals surface area contributed by atoms with E-state index in [2.05, 4.69) is 36.5 Å². The minimum absolute atomic E-state index is 0.0701. The van der Waals surface area contributed by atoms with Crippen molar-refractivity contribution >= 4 is 17.5 Å². The van der Waals surface area contributed by atoms with Crippen LogP contribution in [0.15, 0.2) is 42.5 Å². The van der Waals surface area contributed by atoms with Crippen molar-refractivity contribution in [3.63, 3.8) is 0 Å². The second kappa shape index (κ2) is 9.47. The molecule has 0 heterocycles. The molecule has 0 saturated heterocycles. The lowest BCUT2D eigenvalue weighted by Gasteiger charge is -2.18. The lowest BCUT2D eigenvalue weighted by molar-refractivity contribution is -0.128. The Balaban J connectivity index is 1.80. The fourth-order valence-electron chi connectivity index (χ4n) is 2.66. The largest absolute Gasteiger partial charge is 0.481 e. The maximum Gasteiger partial charge on any atom is 0.261 e. The minimum Gasteiger partial charge on any atom is -0.481 e. The number of hydrogen-bond acceptors (Lipinski definition) is 2. The maximum absolute atomic E-state index is 12.3. The van der Waals surface area contributed by atoms with E-state index in [0.29, 0.717) is 23.7 Å². The molecule has 0 aliphatic heterocycles. The molecule has 2 aromatic carbocycles. The number of aryl methyl sites for hydroxylation is 3. The van der Waals surface area contributed by atoms with Crippen molar-refractivity contribution in [3.8, 4) is 5.75 Å². The van der Waals surface area contributed by atoms with E-state index in [1.807, 2.05) is 19.9 Å². The molecular weight excluding hydrogens is 334 g/mol. The van der Waals surface area contributed by atoms with Crippen molar-refractivity contribution in [2.75, 3.05) is 6.54 Å². The highest BCUT2D eigenvalue weighted by Crippen LogP contribution is 2.22. The van der Waals surface area contributed by atoms with Gasteiger partial charge in [0.25, 0.3) is 5.91 Å². The van der Waals surface area contributed by atoms with E-state index < -0.39 is 6.10 Å². The number of benzene rings is 2. The quantitative estimate of drug-likeness (QED) is 0.683. The van der Waals surface area contributed by atoms with Gasteiger partial charge < -0.3 is 10.1 Å². The first kappa shape index (κ1) is 19.3. The van der Waals surface area contributed by atoms with Gasteiger partial charge in [-0.25, -0.2) is 0 Å². The Kier molecular flexibility index (Phi) is 7.32. The number of rotatable bonds is 8. The number of amides is 1. The van der Waals surface area contributed by atoms with Gasteiger partial charge in [-0.15, -0.1) is 0 Å². The van der Waals surface area contributed by atoms with E-state index in [1.54, 1.807) is 12.1 Å². The Morgan fingerprint density at radius 1 is 1.20 bits per heavy atom. The van der Waals surface area contributed by atoms with Gasteiger partial charge in [0.05, 0.1) is 0 Å². The van der Waals surface area contributed by atoms with Crippen LogP contribution in [0.4, 0.5) is 0 Å². The fourth-order valence-corrected chi connectivity index (χ4v) is 2.78. The third-order valence-electron chi connectivity index (χ3n) is 4.09. The van der Waals surface area contributed by atoms with Crippen LogP contribution in [0.1, 0.15) is 36.5 Å². The van der Waals surface area contributed by atoms with Gasteiger partial charge in [-0.05, 0) is 62.4 Å². The first-order valence-electron chi connectivity index (χ1n) is 8.75. The molecule has 1 atom stereocenters. The molecule has 0 spiro atoms. The summed E-state index contributed by atoms with van der Waals surface area (Å²) in [4.78, 5) is 12.3. The monoisotopic (exact) mass is 359 g/mol. The molecule has 0 radical (unpaired) electrons. The summed E-state index contributed by atoms with van der Waals surface area (Å²) in [6.45, 7) is 6.60. The van der Waals surface area contributed by atoms with Gasteiger partial charge in [0, 0.05) is 11.6 Å². The lowest BCUT2D eigenvalue weighted by atomic mass is 10.1. The molecule has 2 rings (SSSR count). The van der Waals surface area contributed by atoms with Gasteiger partial charge in [0.15, 0.2) is 6.10 Å². The zero-order valence-corrected chi connectivity index (χ0v) is 15.9. The molecule has 4 heteroatoms. The molecule has 1 N–H and O–H groups in total. The van der Waals surface area contributed by atoms with Crippen molar-refractivity contribution in [1.29, 1.82) is 0 Å². The van der Waals surface area contributed by atoms with Gasteiger partial charge in [-0.1, -0.05) is 48.4 Å². The molecule has 25 heavy (non-hydrogen) atoms. The van der Waals surface area contributed by atoms with Crippen molar-refractivity contribution < 1.29 is 9.53 Å². The van der Waals surface area contributed by atoms with E-state index in [4.69, 9.17) is 16.3 Å². The summed E-state index contributed by atoms with van der Waals surface area (Å²) in [5, 5.41) is 3.67. The Morgan fingerprint density at radius 2 is 2.00 bits per heavy atom. The van der Waals surface area contributed by atoms with E-state index in [0.717, 1.165) is 18.4 Å². The van der Waals surface area contributed by atoms with Crippen LogP contribution in [0.5, 0.6) is 5.75 Å². The summed E-state index contributed by atoms with van der Waals surface area (Å²) in [7, 11) is 0. The van der Waals surface area contributed by atoms with Gasteiger partial charge >= 0.3 is 0 Å². The van der Waals surface area contributed by atoms with Crippen LogP contribution in [0.2, 0.25) is 5.02 Å². The molecule has 0 aliphatic carbocycles. The number of hydrogen-bond donors (Lipinski definition) is 1.